The first-order chi connectivity index (χ1) is 7.15. The summed E-state index contributed by atoms with van der Waals surface area (Å²) in [6.45, 7) is 1.89. The molecule has 0 aliphatic carbocycles. The second-order valence-electron chi connectivity index (χ2n) is 3.03. The normalized spacial score (nSPS) is 10.3. The third kappa shape index (κ3) is 2.57. The van der Waals surface area contributed by atoms with E-state index in [9.17, 15) is 4.79 Å². The molecule has 0 aromatic carbocycles. The van der Waals surface area contributed by atoms with Crippen molar-refractivity contribution in [3.8, 4) is 0 Å². The SMILES string of the molecule is Cc1cc(NC(=O)c2csc(I)c2)n[nH]1. The number of carbonyl (C=O) groups is 1. The summed E-state index contributed by atoms with van der Waals surface area (Å²) in [4.78, 5) is 11.7. The molecule has 0 aliphatic rings. The van der Waals surface area contributed by atoms with Crippen LogP contribution in [0.4, 0.5) is 5.82 Å². The summed E-state index contributed by atoms with van der Waals surface area (Å²) >= 11 is 3.73. The van der Waals surface area contributed by atoms with Gasteiger partial charge in [0.15, 0.2) is 5.82 Å². The predicted octanol–water partition coefficient (Wildman–Crippen LogP) is 2.64. The number of nitrogens with one attached hydrogen (secondary N) is 2. The fourth-order valence-corrected chi connectivity index (χ4v) is 2.43. The predicted molar refractivity (Wildman–Crippen MR) is 68.3 cm³/mol. The smallest absolute Gasteiger partial charge is 0.257 e. The number of nitrogens with zero attached hydrogens (tertiary/aromatic N) is 1. The van der Waals surface area contributed by atoms with Crippen molar-refractivity contribution >= 4 is 45.7 Å². The minimum atomic E-state index is -0.124. The molecule has 0 radical (unpaired) electrons. The van der Waals surface area contributed by atoms with Crippen molar-refractivity contribution in [2.45, 2.75) is 6.92 Å². The van der Waals surface area contributed by atoms with Gasteiger partial charge in [-0.15, -0.1) is 11.3 Å². The standard InChI is InChI=1S/C9H8IN3OS/c1-5-2-8(13-12-5)11-9(14)6-3-7(10)15-4-6/h2-4H,1H3,(H2,11,12,13,14). The van der Waals surface area contributed by atoms with Gasteiger partial charge in [0.25, 0.3) is 5.91 Å². The van der Waals surface area contributed by atoms with Gasteiger partial charge in [-0.2, -0.15) is 5.10 Å². The summed E-state index contributed by atoms with van der Waals surface area (Å²) in [6, 6.07) is 3.63. The molecule has 15 heavy (non-hydrogen) atoms. The number of hydrogen-bond acceptors (Lipinski definition) is 3. The van der Waals surface area contributed by atoms with E-state index in [0.717, 1.165) is 8.58 Å². The molecule has 0 fully saturated rings. The van der Waals surface area contributed by atoms with Crippen LogP contribution in [0.2, 0.25) is 0 Å². The van der Waals surface area contributed by atoms with Gasteiger partial charge >= 0.3 is 0 Å². The van der Waals surface area contributed by atoms with Crippen molar-refractivity contribution in [2.75, 3.05) is 5.32 Å². The van der Waals surface area contributed by atoms with Gasteiger partial charge in [-0.3, -0.25) is 9.89 Å². The van der Waals surface area contributed by atoms with Gasteiger partial charge in [0.2, 0.25) is 0 Å². The zero-order valence-corrected chi connectivity index (χ0v) is 10.8. The van der Waals surface area contributed by atoms with E-state index in [1.54, 1.807) is 17.4 Å². The number of aromatic nitrogens is 2. The Balaban J connectivity index is 2.10. The van der Waals surface area contributed by atoms with Gasteiger partial charge in [0, 0.05) is 17.1 Å². The molecule has 6 heteroatoms. The Morgan fingerprint density at radius 3 is 2.93 bits per heavy atom. The largest absolute Gasteiger partial charge is 0.305 e. The molecule has 1 amide bonds. The summed E-state index contributed by atoms with van der Waals surface area (Å²) in [5.74, 6) is 0.430. The van der Waals surface area contributed by atoms with Crippen LogP contribution in [0.15, 0.2) is 17.5 Å². The van der Waals surface area contributed by atoms with Crippen molar-refractivity contribution in [2.24, 2.45) is 0 Å². The summed E-state index contributed by atoms with van der Waals surface area (Å²) in [5, 5.41) is 11.2. The maximum atomic E-state index is 11.7. The number of aryl methyl sites for hydroxylation is 1. The average Bonchev–Trinajstić information content (AvgIpc) is 2.75. The number of anilines is 1. The monoisotopic (exact) mass is 333 g/mol. The van der Waals surface area contributed by atoms with Crippen LogP contribution in [-0.2, 0) is 0 Å². The Kier molecular flexibility index (Phi) is 3.06. The maximum Gasteiger partial charge on any atom is 0.257 e. The molecule has 0 bridgehead atoms. The Morgan fingerprint density at radius 1 is 1.60 bits per heavy atom. The Bertz CT molecular complexity index is 491. The molecule has 0 aliphatic heterocycles. The fourth-order valence-electron chi connectivity index (χ4n) is 1.10. The summed E-state index contributed by atoms with van der Waals surface area (Å²) in [5.41, 5.74) is 1.59. The molecule has 0 saturated carbocycles. The summed E-state index contributed by atoms with van der Waals surface area (Å²) < 4.78 is 1.09. The molecule has 78 valence electrons. The fraction of sp³-hybridized carbons (Fsp3) is 0.111. The average molecular weight is 333 g/mol. The van der Waals surface area contributed by atoms with E-state index in [1.807, 2.05) is 18.4 Å². The Morgan fingerprint density at radius 2 is 2.40 bits per heavy atom. The number of carbonyl (C=O) groups excluding carboxylic acids is 1. The van der Waals surface area contributed by atoms with Gasteiger partial charge in [-0.1, -0.05) is 0 Å². The highest BCUT2D eigenvalue weighted by Gasteiger charge is 2.09. The van der Waals surface area contributed by atoms with E-state index in [-0.39, 0.29) is 5.91 Å². The van der Waals surface area contributed by atoms with Crippen molar-refractivity contribution in [1.29, 1.82) is 0 Å². The highest BCUT2D eigenvalue weighted by molar-refractivity contribution is 14.1. The van der Waals surface area contributed by atoms with Crippen LogP contribution in [0.5, 0.6) is 0 Å². The second-order valence-corrected chi connectivity index (χ2v) is 5.84. The summed E-state index contributed by atoms with van der Waals surface area (Å²) in [6.07, 6.45) is 0. The first kappa shape index (κ1) is 10.6. The molecule has 0 spiro atoms. The van der Waals surface area contributed by atoms with E-state index in [0.29, 0.717) is 11.4 Å². The lowest BCUT2D eigenvalue weighted by molar-refractivity contribution is 0.102. The maximum absolute atomic E-state index is 11.7. The first-order valence-electron chi connectivity index (χ1n) is 4.22. The third-order valence-corrected chi connectivity index (χ3v) is 3.57. The van der Waals surface area contributed by atoms with E-state index in [2.05, 4.69) is 38.1 Å². The number of H-pyrrole nitrogens is 1. The minimum Gasteiger partial charge on any atom is -0.305 e. The van der Waals surface area contributed by atoms with Crippen LogP contribution in [0.3, 0.4) is 0 Å². The lowest BCUT2D eigenvalue weighted by atomic mass is 10.3. The molecular formula is C9H8IN3OS. The lowest BCUT2D eigenvalue weighted by Gasteiger charge is -1.97. The lowest BCUT2D eigenvalue weighted by Crippen LogP contribution is -2.10. The molecule has 2 N–H and O–H groups in total. The second kappa shape index (κ2) is 4.31. The number of thiophene rings is 1. The topological polar surface area (TPSA) is 57.8 Å². The molecule has 0 unspecified atom stereocenters. The van der Waals surface area contributed by atoms with Gasteiger partial charge in [0.1, 0.15) is 0 Å². The van der Waals surface area contributed by atoms with Crippen molar-refractivity contribution in [3.63, 3.8) is 0 Å². The molecule has 0 atom stereocenters. The zero-order valence-electron chi connectivity index (χ0n) is 7.87. The molecule has 2 aromatic heterocycles. The number of hydrogen-bond donors (Lipinski definition) is 2. The summed E-state index contributed by atoms with van der Waals surface area (Å²) in [7, 11) is 0. The van der Waals surface area contributed by atoms with Crippen LogP contribution in [-0.4, -0.2) is 16.1 Å². The highest BCUT2D eigenvalue weighted by atomic mass is 127. The number of aromatic amines is 1. The molecule has 4 nitrogen and oxygen atoms in total. The molecule has 2 heterocycles. The van der Waals surface area contributed by atoms with Crippen LogP contribution in [0, 0.1) is 9.81 Å². The zero-order chi connectivity index (χ0) is 10.8. The number of halogens is 1. The van der Waals surface area contributed by atoms with Gasteiger partial charge in [-0.25, -0.2) is 0 Å². The van der Waals surface area contributed by atoms with Crippen molar-refractivity contribution < 1.29 is 4.79 Å². The first-order valence-corrected chi connectivity index (χ1v) is 6.18. The molecule has 2 rings (SSSR count). The van der Waals surface area contributed by atoms with Gasteiger partial charge < -0.3 is 5.32 Å². The van der Waals surface area contributed by atoms with Crippen LogP contribution in [0.1, 0.15) is 16.1 Å². The minimum absolute atomic E-state index is 0.124. The van der Waals surface area contributed by atoms with E-state index >= 15 is 0 Å². The van der Waals surface area contributed by atoms with Crippen molar-refractivity contribution in [1.82, 2.24) is 10.2 Å². The van der Waals surface area contributed by atoms with Gasteiger partial charge in [0.05, 0.1) is 8.45 Å². The third-order valence-electron chi connectivity index (χ3n) is 1.78. The van der Waals surface area contributed by atoms with Crippen molar-refractivity contribution in [3.05, 3.63) is 31.7 Å². The van der Waals surface area contributed by atoms with Crippen LogP contribution >= 0.6 is 33.9 Å². The van der Waals surface area contributed by atoms with Crippen LogP contribution < -0.4 is 5.32 Å². The number of amides is 1. The quantitative estimate of drug-likeness (QED) is 0.830. The molecule has 0 saturated heterocycles. The Hall–Kier alpha value is -0.890. The van der Waals surface area contributed by atoms with Gasteiger partial charge in [-0.05, 0) is 35.6 Å². The number of rotatable bonds is 2. The Labute approximate surface area is 104 Å². The van der Waals surface area contributed by atoms with Crippen LogP contribution in [0.25, 0.3) is 0 Å². The highest BCUT2D eigenvalue weighted by Crippen LogP contribution is 2.17. The molecular weight excluding hydrogens is 325 g/mol. The van der Waals surface area contributed by atoms with E-state index in [1.165, 1.54) is 0 Å². The van der Waals surface area contributed by atoms with E-state index in [4.69, 9.17) is 0 Å². The molecule has 2 aromatic rings. The van der Waals surface area contributed by atoms with E-state index < -0.39 is 0 Å².